The second-order valence-electron chi connectivity index (χ2n) is 6.57. The number of hydrogen-bond donors (Lipinski definition) is 1. The van der Waals surface area contributed by atoms with Gasteiger partial charge in [-0.2, -0.15) is 0 Å². The molecule has 1 heterocycles. The second-order valence-corrected chi connectivity index (χ2v) is 6.57. The predicted octanol–water partition coefficient (Wildman–Crippen LogP) is 2.37. The molecule has 0 bridgehead atoms. The predicted molar refractivity (Wildman–Crippen MR) is 67.0 cm³/mol. The SMILES string of the molecule is CC(C)(C)OC(=O)N1CCCC1C1(CN)CC1(F)F. The van der Waals surface area contributed by atoms with Gasteiger partial charge in [0.05, 0.1) is 5.41 Å². The minimum atomic E-state index is -2.75. The minimum Gasteiger partial charge on any atom is -0.444 e. The van der Waals surface area contributed by atoms with Crippen molar-refractivity contribution in [3.8, 4) is 0 Å². The highest BCUT2D eigenvalue weighted by molar-refractivity contribution is 5.69. The molecule has 2 atom stereocenters. The molecular weight excluding hydrogens is 254 g/mol. The van der Waals surface area contributed by atoms with Crippen molar-refractivity contribution in [1.29, 1.82) is 0 Å². The molecule has 1 saturated carbocycles. The van der Waals surface area contributed by atoms with Gasteiger partial charge in [-0.25, -0.2) is 13.6 Å². The van der Waals surface area contributed by atoms with E-state index in [4.69, 9.17) is 10.5 Å². The van der Waals surface area contributed by atoms with Crippen molar-refractivity contribution < 1.29 is 18.3 Å². The van der Waals surface area contributed by atoms with E-state index in [9.17, 15) is 13.6 Å². The molecule has 110 valence electrons. The lowest BCUT2D eigenvalue weighted by Gasteiger charge is -2.33. The Morgan fingerprint density at radius 1 is 1.47 bits per heavy atom. The van der Waals surface area contributed by atoms with Gasteiger partial charge in [-0.3, -0.25) is 0 Å². The van der Waals surface area contributed by atoms with Crippen molar-refractivity contribution in [2.24, 2.45) is 11.1 Å². The van der Waals surface area contributed by atoms with E-state index in [1.165, 1.54) is 4.90 Å². The molecule has 6 heteroatoms. The van der Waals surface area contributed by atoms with Gasteiger partial charge in [-0.15, -0.1) is 0 Å². The van der Waals surface area contributed by atoms with Crippen LogP contribution in [0, 0.1) is 5.41 Å². The summed E-state index contributed by atoms with van der Waals surface area (Å²) in [7, 11) is 0. The van der Waals surface area contributed by atoms with Crippen LogP contribution in [-0.4, -0.2) is 41.6 Å². The molecule has 2 rings (SSSR count). The smallest absolute Gasteiger partial charge is 0.410 e. The fourth-order valence-electron chi connectivity index (χ4n) is 2.95. The molecule has 2 N–H and O–H groups in total. The van der Waals surface area contributed by atoms with Crippen LogP contribution in [0.25, 0.3) is 0 Å². The highest BCUT2D eigenvalue weighted by atomic mass is 19.3. The first-order valence-electron chi connectivity index (χ1n) is 6.70. The molecule has 0 spiro atoms. The number of rotatable bonds is 2. The van der Waals surface area contributed by atoms with E-state index < -0.39 is 29.1 Å². The van der Waals surface area contributed by atoms with Crippen molar-refractivity contribution >= 4 is 6.09 Å². The second kappa shape index (κ2) is 4.30. The van der Waals surface area contributed by atoms with Crippen molar-refractivity contribution in [2.45, 2.75) is 57.6 Å². The summed E-state index contributed by atoms with van der Waals surface area (Å²) in [5.74, 6) is -2.75. The third-order valence-corrected chi connectivity index (χ3v) is 4.02. The summed E-state index contributed by atoms with van der Waals surface area (Å²) < 4.78 is 32.5. The van der Waals surface area contributed by atoms with E-state index >= 15 is 0 Å². The molecule has 0 radical (unpaired) electrons. The zero-order valence-corrected chi connectivity index (χ0v) is 11.7. The summed E-state index contributed by atoms with van der Waals surface area (Å²) in [4.78, 5) is 13.5. The number of carbonyl (C=O) groups excluding carboxylic acids is 1. The number of hydrogen-bond acceptors (Lipinski definition) is 3. The maximum Gasteiger partial charge on any atom is 0.410 e. The standard InChI is InChI=1S/C13H22F2N2O2/c1-11(2,3)19-10(18)17-6-4-5-9(17)12(8-16)7-13(12,14)15/h9H,4-8,16H2,1-3H3. The highest BCUT2D eigenvalue weighted by Gasteiger charge is 2.75. The van der Waals surface area contributed by atoms with Gasteiger partial charge >= 0.3 is 6.09 Å². The summed E-state index contributed by atoms with van der Waals surface area (Å²) in [5, 5.41) is 0. The molecule has 0 aromatic rings. The van der Waals surface area contributed by atoms with Crippen LogP contribution in [-0.2, 0) is 4.74 Å². The lowest BCUT2D eigenvalue weighted by molar-refractivity contribution is -0.00138. The lowest BCUT2D eigenvalue weighted by atomic mass is 9.93. The van der Waals surface area contributed by atoms with Crippen molar-refractivity contribution in [1.82, 2.24) is 4.90 Å². The Morgan fingerprint density at radius 3 is 2.47 bits per heavy atom. The third kappa shape index (κ3) is 2.42. The normalized spacial score (nSPS) is 33.4. The topological polar surface area (TPSA) is 55.6 Å². The van der Waals surface area contributed by atoms with Crippen LogP contribution >= 0.6 is 0 Å². The van der Waals surface area contributed by atoms with E-state index in [-0.39, 0.29) is 13.0 Å². The Balaban J connectivity index is 2.12. The molecule has 19 heavy (non-hydrogen) atoms. The number of nitrogens with two attached hydrogens (primary N) is 1. The van der Waals surface area contributed by atoms with Gasteiger partial charge in [0.2, 0.25) is 0 Å². The van der Waals surface area contributed by atoms with Crippen LogP contribution in [0.4, 0.5) is 13.6 Å². The molecule has 1 amide bonds. The number of alkyl halides is 2. The maximum atomic E-state index is 13.6. The minimum absolute atomic E-state index is 0.0933. The summed E-state index contributed by atoms with van der Waals surface area (Å²) in [6, 6.07) is -0.498. The van der Waals surface area contributed by atoms with Gasteiger partial charge < -0.3 is 15.4 Å². The van der Waals surface area contributed by atoms with Crippen molar-refractivity contribution in [3.63, 3.8) is 0 Å². The maximum absolute atomic E-state index is 13.6. The Labute approximate surface area is 112 Å². The molecule has 2 unspecified atom stereocenters. The molecular formula is C13H22F2N2O2. The molecule has 1 saturated heterocycles. The molecule has 2 fully saturated rings. The van der Waals surface area contributed by atoms with E-state index in [1.807, 2.05) is 0 Å². The Morgan fingerprint density at radius 2 is 2.05 bits per heavy atom. The summed E-state index contributed by atoms with van der Waals surface area (Å²) in [6.07, 6.45) is 0.569. The fraction of sp³-hybridized carbons (Fsp3) is 0.923. The lowest BCUT2D eigenvalue weighted by Crippen LogP contribution is -2.47. The molecule has 2 aliphatic rings. The zero-order valence-electron chi connectivity index (χ0n) is 11.7. The van der Waals surface area contributed by atoms with E-state index in [2.05, 4.69) is 0 Å². The van der Waals surface area contributed by atoms with E-state index in [0.717, 1.165) is 6.42 Å². The molecule has 1 aliphatic heterocycles. The molecule has 1 aliphatic carbocycles. The van der Waals surface area contributed by atoms with Gasteiger partial charge in [0, 0.05) is 25.6 Å². The van der Waals surface area contributed by atoms with Crippen LogP contribution in [0.1, 0.15) is 40.0 Å². The summed E-state index contributed by atoms with van der Waals surface area (Å²) in [6.45, 7) is 5.67. The van der Waals surface area contributed by atoms with Crippen LogP contribution in [0.2, 0.25) is 0 Å². The van der Waals surface area contributed by atoms with Crippen molar-refractivity contribution in [3.05, 3.63) is 0 Å². The highest BCUT2D eigenvalue weighted by Crippen LogP contribution is 2.64. The van der Waals surface area contributed by atoms with Crippen LogP contribution in [0.3, 0.4) is 0 Å². The largest absolute Gasteiger partial charge is 0.444 e. The monoisotopic (exact) mass is 276 g/mol. The van der Waals surface area contributed by atoms with Gasteiger partial charge in [-0.1, -0.05) is 0 Å². The summed E-state index contributed by atoms with van der Waals surface area (Å²) in [5.41, 5.74) is 3.70. The summed E-state index contributed by atoms with van der Waals surface area (Å²) >= 11 is 0. The zero-order chi connectivity index (χ0) is 14.5. The number of carbonyl (C=O) groups is 1. The van der Waals surface area contributed by atoms with Gasteiger partial charge in [0.1, 0.15) is 5.60 Å². The fourth-order valence-corrected chi connectivity index (χ4v) is 2.95. The third-order valence-electron chi connectivity index (χ3n) is 4.02. The van der Waals surface area contributed by atoms with E-state index in [1.54, 1.807) is 20.8 Å². The van der Waals surface area contributed by atoms with Gasteiger partial charge in [0.15, 0.2) is 0 Å². The van der Waals surface area contributed by atoms with Gasteiger partial charge in [0.25, 0.3) is 5.92 Å². The quantitative estimate of drug-likeness (QED) is 0.842. The Kier molecular flexibility index (Phi) is 3.28. The number of amides is 1. The van der Waals surface area contributed by atoms with Gasteiger partial charge in [-0.05, 0) is 33.6 Å². The number of halogens is 2. The average Bonchev–Trinajstić information content (AvgIpc) is 2.64. The van der Waals surface area contributed by atoms with E-state index in [0.29, 0.717) is 13.0 Å². The number of ether oxygens (including phenoxy) is 1. The molecule has 0 aromatic heterocycles. The van der Waals surface area contributed by atoms with Crippen LogP contribution in [0.15, 0.2) is 0 Å². The van der Waals surface area contributed by atoms with Crippen LogP contribution < -0.4 is 5.73 Å². The Hall–Kier alpha value is -0.910. The molecule has 0 aromatic carbocycles. The Bertz CT molecular complexity index is 381. The van der Waals surface area contributed by atoms with Crippen LogP contribution in [0.5, 0.6) is 0 Å². The number of nitrogens with zero attached hydrogens (tertiary/aromatic N) is 1. The first-order valence-corrected chi connectivity index (χ1v) is 6.70. The van der Waals surface area contributed by atoms with Crippen molar-refractivity contribution in [2.75, 3.05) is 13.1 Å². The molecule has 4 nitrogen and oxygen atoms in total. The first kappa shape index (κ1) is 14.5. The average molecular weight is 276 g/mol. The number of likely N-dealkylation sites (tertiary alicyclic amines) is 1. The first-order chi connectivity index (χ1) is 8.63.